The molecule has 1 aromatic carbocycles. The third-order valence-electron chi connectivity index (χ3n) is 5.24. The lowest BCUT2D eigenvalue weighted by atomic mass is 9.92. The Balaban J connectivity index is 1.54. The van der Waals surface area contributed by atoms with E-state index in [1.165, 1.54) is 49.8 Å². The SMILES string of the molecule is c1ccc(CN2CCCC2c2cccnc2NC2CCC2)cc1. The highest BCUT2D eigenvalue weighted by Crippen LogP contribution is 2.37. The van der Waals surface area contributed by atoms with Crippen LogP contribution in [0.15, 0.2) is 48.7 Å². The molecule has 1 saturated carbocycles. The number of benzene rings is 1. The largest absolute Gasteiger partial charge is 0.367 e. The maximum absolute atomic E-state index is 4.65. The van der Waals surface area contributed by atoms with Gasteiger partial charge in [0.2, 0.25) is 0 Å². The van der Waals surface area contributed by atoms with Crippen molar-refractivity contribution in [3.05, 3.63) is 59.8 Å². The number of pyridine rings is 1. The predicted octanol–water partition coefficient (Wildman–Crippen LogP) is 4.38. The number of anilines is 1. The van der Waals surface area contributed by atoms with Crippen LogP contribution in [0.25, 0.3) is 0 Å². The van der Waals surface area contributed by atoms with Crippen molar-refractivity contribution in [2.75, 3.05) is 11.9 Å². The monoisotopic (exact) mass is 307 g/mol. The fraction of sp³-hybridized carbons (Fsp3) is 0.450. The zero-order valence-electron chi connectivity index (χ0n) is 13.6. The van der Waals surface area contributed by atoms with Gasteiger partial charge in [-0.2, -0.15) is 0 Å². The van der Waals surface area contributed by atoms with Crippen LogP contribution in [-0.2, 0) is 6.54 Å². The van der Waals surface area contributed by atoms with E-state index in [1.807, 2.05) is 6.20 Å². The lowest BCUT2D eigenvalue weighted by molar-refractivity contribution is 0.248. The van der Waals surface area contributed by atoms with Crippen molar-refractivity contribution in [2.24, 2.45) is 0 Å². The number of hydrogen-bond donors (Lipinski definition) is 1. The van der Waals surface area contributed by atoms with Gasteiger partial charge in [-0.05, 0) is 50.3 Å². The van der Waals surface area contributed by atoms with E-state index in [2.05, 4.69) is 57.7 Å². The van der Waals surface area contributed by atoms with Crippen LogP contribution in [0.3, 0.4) is 0 Å². The molecule has 0 bridgehead atoms. The summed E-state index contributed by atoms with van der Waals surface area (Å²) in [6.45, 7) is 2.21. The highest BCUT2D eigenvalue weighted by molar-refractivity contribution is 5.47. The van der Waals surface area contributed by atoms with Crippen LogP contribution in [0, 0.1) is 0 Å². The smallest absolute Gasteiger partial charge is 0.130 e. The summed E-state index contributed by atoms with van der Waals surface area (Å²) in [4.78, 5) is 7.26. The fourth-order valence-corrected chi connectivity index (χ4v) is 3.74. The number of nitrogens with zero attached hydrogens (tertiary/aromatic N) is 2. The van der Waals surface area contributed by atoms with Gasteiger partial charge in [0.25, 0.3) is 0 Å². The van der Waals surface area contributed by atoms with Crippen LogP contribution >= 0.6 is 0 Å². The van der Waals surface area contributed by atoms with E-state index < -0.39 is 0 Å². The minimum Gasteiger partial charge on any atom is -0.367 e. The van der Waals surface area contributed by atoms with Crippen molar-refractivity contribution in [3.8, 4) is 0 Å². The summed E-state index contributed by atoms with van der Waals surface area (Å²) < 4.78 is 0. The normalized spacial score (nSPS) is 22.0. The van der Waals surface area contributed by atoms with Gasteiger partial charge in [0.1, 0.15) is 5.82 Å². The zero-order valence-corrected chi connectivity index (χ0v) is 13.6. The molecule has 2 fully saturated rings. The first-order valence-corrected chi connectivity index (χ1v) is 8.89. The van der Waals surface area contributed by atoms with Gasteiger partial charge in [0.05, 0.1) is 0 Å². The third kappa shape index (κ3) is 3.25. The quantitative estimate of drug-likeness (QED) is 0.888. The van der Waals surface area contributed by atoms with Crippen molar-refractivity contribution in [1.29, 1.82) is 0 Å². The lowest BCUT2D eigenvalue weighted by Crippen LogP contribution is -2.29. The number of aromatic nitrogens is 1. The number of hydrogen-bond acceptors (Lipinski definition) is 3. The van der Waals surface area contributed by atoms with Crippen molar-refractivity contribution in [2.45, 2.75) is 50.7 Å². The van der Waals surface area contributed by atoms with Crippen LogP contribution in [-0.4, -0.2) is 22.5 Å². The van der Waals surface area contributed by atoms with Crippen molar-refractivity contribution in [3.63, 3.8) is 0 Å². The first-order chi connectivity index (χ1) is 11.4. The maximum atomic E-state index is 4.65. The van der Waals surface area contributed by atoms with Crippen LogP contribution in [0.2, 0.25) is 0 Å². The second-order valence-electron chi connectivity index (χ2n) is 6.83. The molecule has 2 heterocycles. The van der Waals surface area contributed by atoms with Crippen LogP contribution in [0.5, 0.6) is 0 Å². The molecule has 0 amide bonds. The molecule has 3 nitrogen and oxygen atoms in total. The summed E-state index contributed by atoms with van der Waals surface area (Å²) in [7, 11) is 0. The van der Waals surface area contributed by atoms with Gasteiger partial charge in [0.15, 0.2) is 0 Å². The third-order valence-corrected chi connectivity index (χ3v) is 5.24. The molecule has 0 spiro atoms. The fourth-order valence-electron chi connectivity index (χ4n) is 3.74. The summed E-state index contributed by atoms with van der Waals surface area (Å²) in [5.74, 6) is 1.11. The van der Waals surface area contributed by atoms with Crippen LogP contribution < -0.4 is 5.32 Å². The second-order valence-corrected chi connectivity index (χ2v) is 6.83. The molecular weight excluding hydrogens is 282 g/mol. The maximum Gasteiger partial charge on any atom is 0.130 e. The summed E-state index contributed by atoms with van der Waals surface area (Å²) in [5.41, 5.74) is 2.78. The lowest BCUT2D eigenvalue weighted by Gasteiger charge is -2.31. The van der Waals surface area contributed by atoms with E-state index in [9.17, 15) is 0 Å². The Bertz CT molecular complexity index is 636. The Morgan fingerprint density at radius 3 is 2.65 bits per heavy atom. The summed E-state index contributed by atoms with van der Waals surface area (Å²) >= 11 is 0. The standard InChI is InChI=1S/C20H25N3/c1-2-7-16(8-3-1)15-23-14-6-12-19(23)18-11-5-13-21-20(18)22-17-9-4-10-17/h1-3,5,7-8,11,13,17,19H,4,6,9-10,12,14-15H2,(H,21,22). The Labute approximate surface area is 138 Å². The van der Waals surface area contributed by atoms with E-state index in [-0.39, 0.29) is 0 Å². The first kappa shape index (κ1) is 14.7. The van der Waals surface area contributed by atoms with Gasteiger partial charge in [-0.1, -0.05) is 36.4 Å². The zero-order chi connectivity index (χ0) is 15.5. The van der Waals surface area contributed by atoms with Gasteiger partial charge >= 0.3 is 0 Å². The summed E-state index contributed by atoms with van der Waals surface area (Å²) in [6, 6.07) is 16.3. The highest BCUT2D eigenvalue weighted by Gasteiger charge is 2.29. The molecule has 1 saturated heterocycles. The predicted molar refractivity (Wildman–Crippen MR) is 94.3 cm³/mol. The Hall–Kier alpha value is -1.87. The average Bonchev–Trinajstić information content (AvgIpc) is 3.00. The molecule has 120 valence electrons. The number of rotatable bonds is 5. The highest BCUT2D eigenvalue weighted by atomic mass is 15.2. The molecule has 4 rings (SSSR count). The molecule has 3 heteroatoms. The van der Waals surface area contributed by atoms with Crippen molar-refractivity contribution < 1.29 is 0 Å². The van der Waals surface area contributed by atoms with E-state index in [4.69, 9.17) is 0 Å². The van der Waals surface area contributed by atoms with E-state index in [0.717, 1.165) is 12.4 Å². The molecule has 1 aliphatic carbocycles. The van der Waals surface area contributed by atoms with Gasteiger partial charge in [-0.25, -0.2) is 4.98 Å². The topological polar surface area (TPSA) is 28.2 Å². The molecule has 2 aromatic rings. The summed E-state index contributed by atoms with van der Waals surface area (Å²) in [6.07, 6.45) is 8.35. The molecule has 1 aromatic heterocycles. The Morgan fingerprint density at radius 2 is 1.87 bits per heavy atom. The van der Waals surface area contributed by atoms with E-state index >= 15 is 0 Å². The molecule has 0 radical (unpaired) electrons. The van der Waals surface area contributed by atoms with E-state index in [0.29, 0.717) is 12.1 Å². The molecule has 2 aliphatic rings. The molecule has 1 N–H and O–H groups in total. The number of likely N-dealkylation sites (tertiary alicyclic amines) is 1. The van der Waals surface area contributed by atoms with Crippen LogP contribution in [0.1, 0.15) is 49.3 Å². The molecule has 1 atom stereocenters. The Kier molecular flexibility index (Phi) is 4.29. The Morgan fingerprint density at radius 1 is 1.00 bits per heavy atom. The number of nitrogens with one attached hydrogen (secondary N) is 1. The molecule has 1 unspecified atom stereocenters. The first-order valence-electron chi connectivity index (χ1n) is 8.89. The minimum atomic E-state index is 0.492. The minimum absolute atomic E-state index is 0.492. The molecular formula is C20H25N3. The van der Waals surface area contributed by atoms with Crippen molar-refractivity contribution >= 4 is 5.82 Å². The molecule has 1 aliphatic heterocycles. The van der Waals surface area contributed by atoms with Gasteiger partial charge < -0.3 is 5.32 Å². The van der Waals surface area contributed by atoms with Gasteiger partial charge in [-0.3, -0.25) is 4.90 Å². The van der Waals surface area contributed by atoms with Gasteiger partial charge in [-0.15, -0.1) is 0 Å². The van der Waals surface area contributed by atoms with Gasteiger partial charge in [0, 0.05) is 30.4 Å². The van der Waals surface area contributed by atoms with Crippen LogP contribution in [0.4, 0.5) is 5.82 Å². The second kappa shape index (κ2) is 6.71. The van der Waals surface area contributed by atoms with E-state index in [1.54, 1.807) is 0 Å². The summed E-state index contributed by atoms with van der Waals surface area (Å²) in [5, 5.41) is 3.67. The molecule has 23 heavy (non-hydrogen) atoms. The van der Waals surface area contributed by atoms with Crippen molar-refractivity contribution in [1.82, 2.24) is 9.88 Å². The average molecular weight is 307 g/mol.